The van der Waals surface area contributed by atoms with E-state index in [-0.39, 0.29) is 22.6 Å². The second kappa shape index (κ2) is 11.5. The third kappa shape index (κ3) is 6.20. The maximum absolute atomic E-state index is 13.9. The first-order valence-electron chi connectivity index (χ1n) is 13.6. The molecular formula is C32H36FN3O2S. The van der Waals surface area contributed by atoms with Crippen LogP contribution in [0.15, 0.2) is 78.9 Å². The highest BCUT2D eigenvalue weighted by Crippen LogP contribution is 2.43. The van der Waals surface area contributed by atoms with E-state index in [9.17, 15) is 14.0 Å². The van der Waals surface area contributed by atoms with Crippen LogP contribution in [-0.4, -0.2) is 64.5 Å². The standard InChI is InChI=1S/C32H36FN3O2S/c1-32(2,3)26-13-9-25(10-14-26)31-36(29(37)24-11-15-27(33)16-12-24)28(22-39-31)30(38)35-19-17-34(18-20-35)21-23-7-5-4-6-8-23/h4-16,28,31H,17-22H2,1-3H3. The minimum absolute atomic E-state index is 0.00821. The zero-order valence-electron chi connectivity index (χ0n) is 22.8. The second-order valence-electron chi connectivity index (χ2n) is 11.4. The number of piperazine rings is 1. The molecule has 2 saturated heterocycles. The Bertz CT molecular complexity index is 1280. The normalized spacial score (nSPS) is 20.3. The quantitative estimate of drug-likeness (QED) is 0.411. The Kier molecular flexibility index (Phi) is 8.10. The molecule has 2 aliphatic heterocycles. The summed E-state index contributed by atoms with van der Waals surface area (Å²) < 4.78 is 13.6. The molecule has 0 bridgehead atoms. The molecule has 39 heavy (non-hydrogen) atoms. The van der Waals surface area contributed by atoms with Crippen LogP contribution in [0.1, 0.15) is 53.2 Å². The van der Waals surface area contributed by atoms with E-state index in [1.165, 1.54) is 35.4 Å². The number of benzene rings is 3. The maximum atomic E-state index is 13.9. The van der Waals surface area contributed by atoms with E-state index >= 15 is 0 Å². The molecule has 2 atom stereocenters. The third-order valence-corrected chi connectivity index (χ3v) is 8.93. The van der Waals surface area contributed by atoms with Crippen molar-refractivity contribution in [3.63, 3.8) is 0 Å². The summed E-state index contributed by atoms with van der Waals surface area (Å²) in [4.78, 5) is 33.7. The van der Waals surface area contributed by atoms with Gasteiger partial charge in [-0.25, -0.2) is 4.39 Å². The summed E-state index contributed by atoms with van der Waals surface area (Å²) in [5.74, 6) is -0.114. The predicted octanol–water partition coefficient (Wildman–Crippen LogP) is 5.72. The molecule has 204 valence electrons. The molecule has 0 spiro atoms. The van der Waals surface area contributed by atoms with Gasteiger partial charge in [0, 0.05) is 44.0 Å². The zero-order valence-corrected chi connectivity index (χ0v) is 23.7. The van der Waals surface area contributed by atoms with Crippen LogP contribution in [0.25, 0.3) is 0 Å². The Hall–Kier alpha value is -3.16. The number of thioether (sulfide) groups is 1. The summed E-state index contributed by atoms with van der Waals surface area (Å²) in [6, 6.07) is 23.8. The average molecular weight is 546 g/mol. The van der Waals surface area contributed by atoms with E-state index in [4.69, 9.17) is 0 Å². The van der Waals surface area contributed by atoms with Crippen LogP contribution in [0.2, 0.25) is 0 Å². The molecule has 2 fully saturated rings. The lowest BCUT2D eigenvalue weighted by atomic mass is 9.86. The van der Waals surface area contributed by atoms with Crippen molar-refractivity contribution in [1.82, 2.24) is 14.7 Å². The Morgan fingerprint density at radius 1 is 0.872 bits per heavy atom. The summed E-state index contributed by atoms with van der Waals surface area (Å²) >= 11 is 1.62. The van der Waals surface area contributed by atoms with Crippen LogP contribution in [0.4, 0.5) is 4.39 Å². The van der Waals surface area contributed by atoms with Gasteiger partial charge in [-0.2, -0.15) is 0 Å². The Morgan fingerprint density at radius 3 is 2.13 bits per heavy atom. The highest BCUT2D eigenvalue weighted by atomic mass is 32.2. The fraction of sp³-hybridized carbons (Fsp3) is 0.375. The zero-order chi connectivity index (χ0) is 27.6. The van der Waals surface area contributed by atoms with Crippen LogP contribution in [-0.2, 0) is 16.8 Å². The summed E-state index contributed by atoms with van der Waals surface area (Å²) in [6.45, 7) is 10.2. The first-order valence-corrected chi connectivity index (χ1v) is 14.6. The van der Waals surface area contributed by atoms with E-state index < -0.39 is 11.9 Å². The van der Waals surface area contributed by atoms with Crippen molar-refractivity contribution in [2.24, 2.45) is 0 Å². The van der Waals surface area contributed by atoms with Crippen LogP contribution >= 0.6 is 11.8 Å². The van der Waals surface area contributed by atoms with Crippen molar-refractivity contribution in [2.45, 2.75) is 44.1 Å². The Labute approximate surface area is 235 Å². The van der Waals surface area contributed by atoms with Crippen LogP contribution in [0, 0.1) is 5.82 Å². The molecule has 2 heterocycles. The van der Waals surface area contributed by atoms with Crippen LogP contribution in [0.5, 0.6) is 0 Å². The summed E-state index contributed by atoms with van der Waals surface area (Å²) in [6.07, 6.45) is 0. The van der Waals surface area contributed by atoms with Crippen molar-refractivity contribution >= 4 is 23.6 Å². The average Bonchev–Trinajstić information content (AvgIpc) is 3.38. The van der Waals surface area contributed by atoms with E-state index in [1.54, 1.807) is 16.7 Å². The third-order valence-electron chi connectivity index (χ3n) is 7.61. The van der Waals surface area contributed by atoms with Crippen molar-refractivity contribution in [1.29, 1.82) is 0 Å². The van der Waals surface area contributed by atoms with E-state index in [1.807, 2.05) is 23.1 Å². The van der Waals surface area contributed by atoms with E-state index in [0.717, 1.165) is 25.2 Å². The number of hydrogen-bond donors (Lipinski definition) is 0. The van der Waals surface area contributed by atoms with E-state index in [2.05, 4.69) is 62.1 Å². The molecule has 5 nitrogen and oxygen atoms in total. The lowest BCUT2D eigenvalue weighted by Crippen LogP contribution is -2.55. The SMILES string of the molecule is CC(C)(C)c1ccc(C2SCC(C(=O)N3CCN(Cc4ccccc4)CC3)N2C(=O)c2ccc(F)cc2)cc1. The number of amides is 2. The topological polar surface area (TPSA) is 43.9 Å². The molecule has 2 unspecified atom stereocenters. The molecule has 5 rings (SSSR count). The molecule has 0 N–H and O–H groups in total. The number of rotatable bonds is 5. The molecule has 3 aromatic rings. The van der Waals surface area contributed by atoms with Gasteiger partial charge in [-0.15, -0.1) is 11.8 Å². The van der Waals surface area contributed by atoms with Crippen molar-refractivity contribution < 1.29 is 14.0 Å². The fourth-order valence-electron chi connectivity index (χ4n) is 5.27. The van der Waals surface area contributed by atoms with Gasteiger partial charge in [-0.3, -0.25) is 14.5 Å². The first kappa shape index (κ1) is 27.4. The molecule has 2 aliphatic rings. The molecule has 7 heteroatoms. The van der Waals surface area contributed by atoms with Gasteiger partial charge in [0.15, 0.2) is 0 Å². The van der Waals surface area contributed by atoms with Gasteiger partial charge in [0.1, 0.15) is 17.2 Å². The van der Waals surface area contributed by atoms with Gasteiger partial charge in [0.05, 0.1) is 0 Å². The highest BCUT2D eigenvalue weighted by molar-refractivity contribution is 7.99. The summed E-state index contributed by atoms with van der Waals surface area (Å²) in [5, 5.41) is -0.287. The minimum atomic E-state index is -0.569. The lowest BCUT2D eigenvalue weighted by molar-refractivity contribution is -0.137. The largest absolute Gasteiger partial charge is 0.338 e. The smallest absolute Gasteiger partial charge is 0.255 e. The second-order valence-corrected chi connectivity index (χ2v) is 12.5. The number of nitrogens with zero attached hydrogens (tertiary/aromatic N) is 3. The number of halogens is 1. The highest BCUT2D eigenvalue weighted by Gasteiger charge is 2.44. The number of carbonyl (C=O) groups excluding carboxylic acids is 2. The molecular weight excluding hydrogens is 509 g/mol. The van der Waals surface area contributed by atoms with Crippen molar-refractivity contribution in [3.05, 3.63) is 107 Å². The van der Waals surface area contributed by atoms with E-state index in [0.29, 0.717) is 24.4 Å². The monoisotopic (exact) mass is 545 g/mol. The predicted molar refractivity (Wildman–Crippen MR) is 155 cm³/mol. The van der Waals surface area contributed by atoms with Crippen LogP contribution < -0.4 is 0 Å². The van der Waals surface area contributed by atoms with Gasteiger partial charge in [-0.1, -0.05) is 75.4 Å². The van der Waals surface area contributed by atoms with Gasteiger partial charge < -0.3 is 9.80 Å². The van der Waals surface area contributed by atoms with Gasteiger partial charge in [0.2, 0.25) is 5.91 Å². The molecule has 2 amide bonds. The van der Waals surface area contributed by atoms with Gasteiger partial charge >= 0.3 is 0 Å². The summed E-state index contributed by atoms with van der Waals surface area (Å²) in [7, 11) is 0. The number of carbonyl (C=O) groups is 2. The molecule has 3 aromatic carbocycles. The maximum Gasteiger partial charge on any atom is 0.255 e. The first-order chi connectivity index (χ1) is 18.7. The molecule has 0 aliphatic carbocycles. The minimum Gasteiger partial charge on any atom is -0.338 e. The summed E-state index contributed by atoms with van der Waals surface area (Å²) in [5.41, 5.74) is 3.88. The molecule has 0 saturated carbocycles. The Morgan fingerprint density at radius 2 is 1.51 bits per heavy atom. The van der Waals surface area contributed by atoms with Gasteiger partial charge in [-0.05, 0) is 46.4 Å². The van der Waals surface area contributed by atoms with Crippen molar-refractivity contribution in [3.8, 4) is 0 Å². The van der Waals surface area contributed by atoms with Crippen molar-refractivity contribution in [2.75, 3.05) is 31.9 Å². The lowest BCUT2D eigenvalue weighted by Gasteiger charge is -2.38. The van der Waals surface area contributed by atoms with Gasteiger partial charge in [0.25, 0.3) is 5.91 Å². The fourth-order valence-corrected chi connectivity index (χ4v) is 6.69. The molecule has 0 aromatic heterocycles. The number of hydrogen-bond acceptors (Lipinski definition) is 4. The van der Waals surface area contributed by atoms with Crippen LogP contribution in [0.3, 0.4) is 0 Å². The Balaban J connectivity index is 1.35. The molecule has 0 radical (unpaired) electrons.